The van der Waals surface area contributed by atoms with E-state index in [4.69, 9.17) is 4.43 Å². The molecule has 2 aliphatic rings. The Balaban J connectivity index is 2.01. The zero-order valence-electron chi connectivity index (χ0n) is 13.7. The smallest absolute Gasteiger partial charge is 0.192 e. The first kappa shape index (κ1) is 16.2. The van der Waals surface area contributed by atoms with Crippen LogP contribution in [-0.2, 0) is 4.43 Å². The van der Waals surface area contributed by atoms with Crippen molar-refractivity contribution in [2.24, 2.45) is 0 Å². The topological polar surface area (TPSA) is 32.7 Å². The van der Waals surface area contributed by atoms with E-state index < -0.39 is 8.32 Å². The largest absolute Gasteiger partial charge is 0.411 e. The Hall–Kier alpha value is -0.163. The van der Waals surface area contributed by atoms with Crippen LogP contribution in [0.25, 0.3) is 0 Å². The first-order valence-electron chi connectivity index (χ1n) is 7.97. The molecule has 0 unspecified atom stereocenters. The molecule has 1 aliphatic heterocycles. The van der Waals surface area contributed by atoms with Gasteiger partial charge in [0.05, 0.1) is 12.2 Å². The normalized spacial score (nSPS) is 32.8. The number of aliphatic hydroxyl groups is 1. The van der Waals surface area contributed by atoms with Crippen LogP contribution in [0.5, 0.6) is 0 Å². The molecule has 116 valence electrons. The summed E-state index contributed by atoms with van der Waals surface area (Å²) in [6.45, 7) is 13.3. The molecule has 3 nitrogen and oxygen atoms in total. The summed E-state index contributed by atoms with van der Waals surface area (Å²) >= 11 is 0. The average molecular weight is 298 g/mol. The van der Waals surface area contributed by atoms with Crippen LogP contribution in [0, 0.1) is 0 Å². The molecule has 0 aromatic rings. The summed E-state index contributed by atoms with van der Waals surface area (Å²) in [6, 6.07) is 0.272. The Morgan fingerprint density at radius 1 is 1.15 bits per heavy atom. The fourth-order valence-corrected chi connectivity index (χ4v) is 4.33. The van der Waals surface area contributed by atoms with Crippen molar-refractivity contribution in [2.45, 2.75) is 76.4 Å². The van der Waals surface area contributed by atoms with Crippen molar-refractivity contribution in [3.8, 4) is 0 Å². The van der Waals surface area contributed by atoms with E-state index >= 15 is 0 Å². The predicted octanol–water partition coefficient (Wildman–Crippen LogP) is 3.16. The first-order chi connectivity index (χ1) is 9.22. The van der Waals surface area contributed by atoms with Gasteiger partial charge in [0, 0.05) is 19.1 Å². The highest BCUT2D eigenvalue weighted by molar-refractivity contribution is 6.74. The second-order valence-electron chi connectivity index (χ2n) is 7.83. The maximum absolute atomic E-state index is 10.7. The molecule has 1 N–H and O–H groups in total. The van der Waals surface area contributed by atoms with Crippen LogP contribution in [0.1, 0.15) is 40.0 Å². The SMILES string of the molecule is CC(C)(C)[Si](C)(C)O[C@H]1CCC[C@@H](N2CC=CC2)[C@@H]1O. The fourth-order valence-electron chi connectivity index (χ4n) is 2.97. The Morgan fingerprint density at radius 3 is 2.30 bits per heavy atom. The van der Waals surface area contributed by atoms with E-state index in [2.05, 4.69) is 50.9 Å². The van der Waals surface area contributed by atoms with Crippen LogP contribution in [0.4, 0.5) is 0 Å². The van der Waals surface area contributed by atoms with E-state index in [-0.39, 0.29) is 23.3 Å². The summed E-state index contributed by atoms with van der Waals surface area (Å²) < 4.78 is 6.49. The number of rotatable bonds is 3. The number of hydrogen-bond acceptors (Lipinski definition) is 3. The molecule has 20 heavy (non-hydrogen) atoms. The molecule has 3 atom stereocenters. The standard InChI is InChI=1S/C16H31NO2Si/c1-16(2,3)20(4,5)19-14-10-8-9-13(15(14)18)17-11-6-7-12-17/h6-7,13-15,18H,8-12H2,1-5H3/t13-,14+,15+/m1/s1. The molecule has 0 radical (unpaired) electrons. The van der Waals surface area contributed by atoms with Gasteiger partial charge >= 0.3 is 0 Å². The van der Waals surface area contributed by atoms with E-state index in [1.165, 1.54) is 0 Å². The van der Waals surface area contributed by atoms with Crippen molar-refractivity contribution in [3.63, 3.8) is 0 Å². The average Bonchev–Trinajstić information content (AvgIpc) is 2.83. The summed E-state index contributed by atoms with van der Waals surface area (Å²) in [6.07, 6.45) is 7.35. The zero-order valence-corrected chi connectivity index (χ0v) is 14.7. The van der Waals surface area contributed by atoms with Gasteiger partial charge in [0.15, 0.2) is 8.32 Å². The maximum Gasteiger partial charge on any atom is 0.192 e. The van der Waals surface area contributed by atoms with Crippen LogP contribution in [0.15, 0.2) is 12.2 Å². The van der Waals surface area contributed by atoms with E-state index in [1.807, 2.05) is 0 Å². The minimum absolute atomic E-state index is 0.0234. The van der Waals surface area contributed by atoms with Gasteiger partial charge in [-0.2, -0.15) is 0 Å². The molecule has 4 heteroatoms. The molecule has 1 heterocycles. The predicted molar refractivity (Wildman–Crippen MR) is 86.4 cm³/mol. The lowest BCUT2D eigenvalue weighted by atomic mass is 9.89. The van der Waals surface area contributed by atoms with Crippen LogP contribution in [-0.4, -0.2) is 49.7 Å². The maximum atomic E-state index is 10.7. The quantitative estimate of drug-likeness (QED) is 0.641. The van der Waals surface area contributed by atoms with Gasteiger partial charge in [-0.3, -0.25) is 4.90 Å². The Bertz CT molecular complexity index is 354. The molecule has 1 aliphatic carbocycles. The molecule has 0 amide bonds. The number of hydrogen-bond donors (Lipinski definition) is 1. The third-order valence-electron chi connectivity index (χ3n) is 5.33. The van der Waals surface area contributed by atoms with E-state index in [1.54, 1.807) is 0 Å². The fraction of sp³-hybridized carbons (Fsp3) is 0.875. The number of aliphatic hydroxyl groups excluding tert-OH is 1. The molecule has 0 aromatic heterocycles. The molecular weight excluding hydrogens is 266 g/mol. The summed E-state index contributed by atoms with van der Waals surface area (Å²) in [5.74, 6) is 0. The Labute approximate surface area is 125 Å². The van der Waals surface area contributed by atoms with Gasteiger partial charge in [0.1, 0.15) is 0 Å². The molecule has 1 fully saturated rings. The lowest BCUT2D eigenvalue weighted by Crippen LogP contribution is -2.55. The van der Waals surface area contributed by atoms with Gasteiger partial charge in [-0.15, -0.1) is 0 Å². The van der Waals surface area contributed by atoms with E-state index in [0.717, 1.165) is 32.4 Å². The summed E-state index contributed by atoms with van der Waals surface area (Å²) in [4.78, 5) is 2.38. The minimum Gasteiger partial charge on any atom is -0.411 e. The third-order valence-corrected chi connectivity index (χ3v) is 9.84. The molecule has 1 saturated carbocycles. The lowest BCUT2D eigenvalue weighted by Gasteiger charge is -2.45. The van der Waals surface area contributed by atoms with E-state index in [0.29, 0.717) is 0 Å². The molecular formula is C16H31NO2Si. The van der Waals surface area contributed by atoms with Crippen molar-refractivity contribution in [1.29, 1.82) is 0 Å². The summed E-state index contributed by atoms with van der Waals surface area (Å²) in [5, 5.41) is 10.9. The second kappa shape index (κ2) is 5.91. The molecule has 0 bridgehead atoms. The van der Waals surface area contributed by atoms with Crippen LogP contribution >= 0.6 is 0 Å². The van der Waals surface area contributed by atoms with Gasteiger partial charge in [-0.25, -0.2) is 0 Å². The Kier molecular flexibility index (Phi) is 4.79. The van der Waals surface area contributed by atoms with Crippen LogP contribution in [0.3, 0.4) is 0 Å². The molecule has 0 saturated heterocycles. The van der Waals surface area contributed by atoms with Crippen molar-refractivity contribution >= 4 is 8.32 Å². The van der Waals surface area contributed by atoms with Gasteiger partial charge in [-0.1, -0.05) is 32.9 Å². The highest BCUT2D eigenvalue weighted by Crippen LogP contribution is 2.39. The highest BCUT2D eigenvalue weighted by Gasteiger charge is 2.43. The Morgan fingerprint density at radius 2 is 1.75 bits per heavy atom. The lowest BCUT2D eigenvalue weighted by molar-refractivity contribution is -0.0520. The van der Waals surface area contributed by atoms with Gasteiger partial charge in [0.2, 0.25) is 0 Å². The van der Waals surface area contributed by atoms with Crippen LogP contribution < -0.4 is 0 Å². The molecule has 0 aromatic carbocycles. The molecule has 2 rings (SSSR count). The van der Waals surface area contributed by atoms with Crippen molar-refractivity contribution in [2.75, 3.05) is 13.1 Å². The van der Waals surface area contributed by atoms with E-state index in [9.17, 15) is 5.11 Å². The minimum atomic E-state index is -1.80. The third kappa shape index (κ3) is 3.35. The number of nitrogens with zero attached hydrogens (tertiary/aromatic N) is 1. The molecule has 0 spiro atoms. The van der Waals surface area contributed by atoms with Crippen LogP contribution in [0.2, 0.25) is 18.1 Å². The zero-order chi connectivity index (χ0) is 15.0. The van der Waals surface area contributed by atoms with Crippen molar-refractivity contribution < 1.29 is 9.53 Å². The first-order valence-corrected chi connectivity index (χ1v) is 10.9. The van der Waals surface area contributed by atoms with Gasteiger partial charge in [0.25, 0.3) is 0 Å². The monoisotopic (exact) mass is 297 g/mol. The summed E-state index contributed by atoms with van der Waals surface area (Å²) in [7, 11) is -1.80. The highest BCUT2D eigenvalue weighted by atomic mass is 28.4. The van der Waals surface area contributed by atoms with Crippen molar-refractivity contribution in [1.82, 2.24) is 4.90 Å². The van der Waals surface area contributed by atoms with Gasteiger partial charge < -0.3 is 9.53 Å². The second-order valence-corrected chi connectivity index (χ2v) is 12.6. The van der Waals surface area contributed by atoms with Crippen molar-refractivity contribution in [3.05, 3.63) is 12.2 Å². The summed E-state index contributed by atoms with van der Waals surface area (Å²) in [5.41, 5.74) is 0. The van der Waals surface area contributed by atoms with Gasteiger partial charge in [-0.05, 0) is 37.4 Å².